The molecule has 6 heteroatoms. The molecule has 6 nitrogen and oxygen atoms in total. The monoisotopic (exact) mass is 633 g/mol. The van der Waals surface area contributed by atoms with Crippen molar-refractivity contribution in [2.75, 3.05) is 13.2 Å². The van der Waals surface area contributed by atoms with Crippen LogP contribution < -0.4 is 0 Å². The van der Waals surface area contributed by atoms with Crippen molar-refractivity contribution in [2.45, 2.75) is 193 Å². The molecule has 0 fully saturated rings. The van der Waals surface area contributed by atoms with Crippen molar-refractivity contribution in [1.29, 1.82) is 0 Å². The molecular weight excluding hydrogens is 564 g/mol. The molecule has 0 radical (unpaired) electrons. The average molecular weight is 633 g/mol. The van der Waals surface area contributed by atoms with Crippen LogP contribution in [0.3, 0.4) is 0 Å². The Morgan fingerprint density at radius 3 is 1.82 bits per heavy atom. The van der Waals surface area contributed by atoms with E-state index < -0.39 is 6.10 Å². The van der Waals surface area contributed by atoms with Crippen LogP contribution in [0.25, 0.3) is 0 Å². The third-order valence-electron chi connectivity index (χ3n) is 8.47. The highest BCUT2D eigenvalue weighted by Crippen LogP contribution is 2.13. The molecular formula is C39H68O6. The number of carbonyl (C=O) groups excluding carboxylic acids is 3. The molecule has 0 aromatic heterocycles. The summed E-state index contributed by atoms with van der Waals surface area (Å²) in [5, 5.41) is 0. The molecule has 1 atom stereocenters. The Morgan fingerprint density at radius 2 is 1.20 bits per heavy atom. The highest BCUT2D eigenvalue weighted by atomic mass is 16.6. The maximum Gasteiger partial charge on any atom is 0.306 e. The van der Waals surface area contributed by atoms with Crippen molar-refractivity contribution < 1.29 is 28.6 Å². The quantitative estimate of drug-likeness (QED) is 0.0687. The van der Waals surface area contributed by atoms with Crippen molar-refractivity contribution >= 4 is 17.9 Å². The summed E-state index contributed by atoms with van der Waals surface area (Å²) in [5.41, 5.74) is 0. The van der Waals surface area contributed by atoms with Gasteiger partial charge in [0.2, 0.25) is 0 Å². The van der Waals surface area contributed by atoms with E-state index in [1.165, 1.54) is 83.5 Å². The summed E-state index contributed by atoms with van der Waals surface area (Å²) < 4.78 is 16.4. The first-order valence-corrected chi connectivity index (χ1v) is 18.9. The number of ether oxygens (including phenoxy) is 3. The van der Waals surface area contributed by atoms with Crippen LogP contribution in [0.5, 0.6) is 0 Å². The zero-order valence-corrected chi connectivity index (χ0v) is 29.0. The van der Waals surface area contributed by atoms with Gasteiger partial charge in [-0.2, -0.15) is 0 Å². The number of esters is 3. The Bertz CT molecular complexity index is 773. The predicted molar refractivity (Wildman–Crippen MR) is 185 cm³/mol. The van der Waals surface area contributed by atoms with Gasteiger partial charge in [0.1, 0.15) is 13.2 Å². The predicted octanol–water partition coefficient (Wildman–Crippen LogP) is 11.1. The molecule has 1 unspecified atom stereocenters. The van der Waals surface area contributed by atoms with E-state index in [1.807, 2.05) is 0 Å². The van der Waals surface area contributed by atoms with Crippen LogP contribution in [0.15, 0.2) is 24.3 Å². The Hall–Kier alpha value is -2.11. The lowest BCUT2D eigenvalue weighted by molar-refractivity contribution is -0.167. The number of allylic oxidation sites excluding steroid dienone is 4. The fourth-order valence-corrected chi connectivity index (χ4v) is 5.58. The smallest absolute Gasteiger partial charge is 0.306 e. The van der Waals surface area contributed by atoms with Crippen LogP contribution in [-0.4, -0.2) is 37.2 Å². The largest absolute Gasteiger partial charge is 0.462 e. The van der Waals surface area contributed by atoms with E-state index in [2.05, 4.69) is 31.2 Å². The van der Waals surface area contributed by atoms with Crippen LogP contribution >= 0.6 is 0 Å². The van der Waals surface area contributed by atoms with Gasteiger partial charge in [-0.3, -0.25) is 14.4 Å². The summed E-state index contributed by atoms with van der Waals surface area (Å²) in [5.74, 6) is -0.904. The molecule has 260 valence electrons. The van der Waals surface area contributed by atoms with E-state index in [9.17, 15) is 14.4 Å². The van der Waals surface area contributed by atoms with Crippen LogP contribution in [0, 0.1) is 0 Å². The maximum absolute atomic E-state index is 12.5. The third kappa shape index (κ3) is 29.1. The lowest BCUT2D eigenvalue weighted by atomic mass is 10.1. The van der Waals surface area contributed by atoms with Crippen LogP contribution in [-0.2, 0) is 28.6 Å². The molecule has 0 saturated heterocycles. The van der Waals surface area contributed by atoms with Crippen LogP contribution in [0.4, 0.5) is 0 Å². The second kappa shape index (κ2) is 31.9. The first-order valence-electron chi connectivity index (χ1n) is 18.9. The Balaban J connectivity index is 2.26. The fourth-order valence-electron chi connectivity index (χ4n) is 5.58. The number of hydrogen-bond acceptors (Lipinski definition) is 6. The highest BCUT2D eigenvalue weighted by Gasteiger charge is 2.19. The van der Waals surface area contributed by atoms with E-state index in [1.54, 1.807) is 0 Å². The van der Waals surface area contributed by atoms with Gasteiger partial charge in [0.05, 0.1) is 0 Å². The molecule has 0 bridgehead atoms. The molecule has 45 heavy (non-hydrogen) atoms. The second-order valence-corrected chi connectivity index (χ2v) is 12.9. The van der Waals surface area contributed by atoms with Crippen molar-refractivity contribution in [3.05, 3.63) is 24.3 Å². The third-order valence-corrected chi connectivity index (χ3v) is 8.47. The molecule has 1 aliphatic heterocycles. The molecule has 0 N–H and O–H groups in total. The highest BCUT2D eigenvalue weighted by molar-refractivity contribution is 5.71. The molecule has 0 aliphatic carbocycles. The van der Waals surface area contributed by atoms with Crippen molar-refractivity contribution in [3.63, 3.8) is 0 Å². The van der Waals surface area contributed by atoms with Gasteiger partial charge in [0.15, 0.2) is 6.10 Å². The first-order chi connectivity index (χ1) is 22.1. The minimum absolute atomic E-state index is 0.0718. The minimum Gasteiger partial charge on any atom is -0.462 e. The summed E-state index contributed by atoms with van der Waals surface area (Å²) in [6, 6.07) is 0. The molecule has 0 saturated carbocycles. The maximum atomic E-state index is 12.5. The minimum atomic E-state index is -0.760. The van der Waals surface area contributed by atoms with E-state index in [4.69, 9.17) is 14.2 Å². The average Bonchev–Trinajstić information content (AvgIpc) is 3.03. The first kappa shape index (κ1) is 40.9. The topological polar surface area (TPSA) is 78.9 Å². The van der Waals surface area contributed by atoms with E-state index >= 15 is 0 Å². The SMILES string of the molecule is CCCCCCCCC=CCCCCCCCC(=O)OCC1COC(=O)CCCCCCC/C=C\CCCCCCCC(=O)O1. The van der Waals surface area contributed by atoms with Gasteiger partial charge in [-0.05, 0) is 70.6 Å². The summed E-state index contributed by atoms with van der Waals surface area (Å²) in [6.45, 7) is 2.11. The molecule has 0 spiro atoms. The lowest BCUT2D eigenvalue weighted by Gasteiger charge is -2.18. The van der Waals surface area contributed by atoms with Crippen molar-refractivity contribution in [3.8, 4) is 0 Å². The van der Waals surface area contributed by atoms with Crippen molar-refractivity contribution in [2.24, 2.45) is 0 Å². The van der Waals surface area contributed by atoms with Gasteiger partial charge >= 0.3 is 17.9 Å². The summed E-state index contributed by atoms with van der Waals surface area (Å²) >= 11 is 0. The van der Waals surface area contributed by atoms with Gasteiger partial charge < -0.3 is 14.2 Å². The molecule has 1 rings (SSSR count). The van der Waals surface area contributed by atoms with Crippen LogP contribution in [0.1, 0.15) is 187 Å². The number of cyclic esters (lactones) is 2. The Morgan fingerprint density at radius 1 is 0.689 bits per heavy atom. The molecule has 1 aliphatic rings. The van der Waals surface area contributed by atoms with Gasteiger partial charge in [-0.1, -0.05) is 121 Å². The Kier molecular flexibility index (Phi) is 29.0. The van der Waals surface area contributed by atoms with E-state index in [-0.39, 0.29) is 31.1 Å². The molecule has 1 heterocycles. The standard InChI is InChI=1S/C39H68O6/c1-2-3-4-5-6-7-8-9-10-13-16-19-22-25-28-31-37(40)43-34-36-35-44-38(41)32-29-26-23-20-17-14-11-12-15-18-21-24-27-30-33-39(42)45-36/h9-12,36H,2-8,13-35H2,1H3/b10-9?,12-11-. The Labute approximate surface area is 276 Å². The lowest BCUT2D eigenvalue weighted by Crippen LogP contribution is -2.30. The summed E-state index contributed by atoms with van der Waals surface area (Å²) in [4.78, 5) is 37.1. The van der Waals surface area contributed by atoms with Gasteiger partial charge in [0, 0.05) is 19.3 Å². The van der Waals surface area contributed by atoms with Crippen molar-refractivity contribution in [1.82, 2.24) is 0 Å². The van der Waals surface area contributed by atoms with Crippen LogP contribution in [0.2, 0.25) is 0 Å². The fraction of sp³-hybridized carbons (Fsp3) is 0.821. The normalized spacial score (nSPS) is 19.6. The van der Waals surface area contributed by atoms with Gasteiger partial charge in [-0.15, -0.1) is 0 Å². The summed E-state index contributed by atoms with van der Waals surface area (Å²) in [6.07, 6.45) is 38.0. The molecule has 0 aromatic rings. The molecule has 0 amide bonds. The zero-order valence-electron chi connectivity index (χ0n) is 29.0. The summed E-state index contributed by atoms with van der Waals surface area (Å²) in [7, 11) is 0. The number of unbranched alkanes of at least 4 members (excludes halogenated alkanes) is 11. The number of rotatable bonds is 17. The number of carbonyl (C=O) groups is 3. The van der Waals surface area contributed by atoms with Gasteiger partial charge in [0.25, 0.3) is 0 Å². The van der Waals surface area contributed by atoms with Gasteiger partial charge in [-0.25, -0.2) is 0 Å². The zero-order chi connectivity index (χ0) is 32.5. The van der Waals surface area contributed by atoms with E-state index in [0.717, 1.165) is 77.0 Å². The van der Waals surface area contributed by atoms with E-state index in [0.29, 0.717) is 19.3 Å². The second-order valence-electron chi connectivity index (χ2n) is 12.9. The number of hydrogen-bond donors (Lipinski definition) is 0. The molecule has 0 aromatic carbocycles.